The number of carbonyl (C=O) groups is 1. The molecule has 1 saturated carbocycles. The first-order valence-corrected chi connectivity index (χ1v) is 8.82. The van der Waals surface area contributed by atoms with Crippen LogP contribution in [0.1, 0.15) is 39.0 Å². The van der Waals surface area contributed by atoms with Crippen LogP contribution in [0.3, 0.4) is 0 Å². The molecule has 3 fully saturated rings. The third-order valence-electron chi connectivity index (χ3n) is 5.13. The van der Waals surface area contributed by atoms with E-state index < -0.39 is 0 Å². The van der Waals surface area contributed by atoms with Crippen LogP contribution in [0.5, 0.6) is 0 Å². The van der Waals surface area contributed by atoms with Crippen LogP contribution >= 0.6 is 0 Å². The summed E-state index contributed by atoms with van der Waals surface area (Å²) in [6, 6.07) is 2.71. The maximum absolute atomic E-state index is 12.1. The SMILES string of the molecule is CC1CCCN(c2cc(NC3CC(=O)N(C4CC4)C3)ncn2)C1. The molecule has 2 aliphatic heterocycles. The van der Waals surface area contributed by atoms with Crippen LogP contribution in [0.25, 0.3) is 0 Å². The summed E-state index contributed by atoms with van der Waals surface area (Å²) in [5.41, 5.74) is 0. The Kier molecular flexibility index (Phi) is 3.83. The van der Waals surface area contributed by atoms with E-state index in [1.165, 1.54) is 25.7 Å². The zero-order valence-electron chi connectivity index (χ0n) is 13.7. The molecular weight excluding hydrogens is 290 g/mol. The van der Waals surface area contributed by atoms with Crippen LogP contribution in [-0.4, -0.2) is 52.5 Å². The summed E-state index contributed by atoms with van der Waals surface area (Å²) in [7, 11) is 0. The van der Waals surface area contributed by atoms with E-state index in [-0.39, 0.29) is 11.9 Å². The highest BCUT2D eigenvalue weighted by molar-refractivity contribution is 5.80. The standard InChI is InChI=1S/C17H25N5O/c1-12-3-2-6-21(9-12)16-8-15(18-11-19-16)20-13-7-17(23)22(10-13)14-4-5-14/h8,11-14H,2-7,9-10H2,1H3,(H,18,19,20). The molecule has 2 saturated heterocycles. The molecule has 6 heteroatoms. The van der Waals surface area contributed by atoms with Gasteiger partial charge in [-0.25, -0.2) is 9.97 Å². The Hall–Kier alpha value is -1.85. The first kappa shape index (κ1) is 14.7. The Morgan fingerprint density at radius 2 is 2.09 bits per heavy atom. The van der Waals surface area contributed by atoms with Gasteiger partial charge in [0.2, 0.25) is 5.91 Å². The maximum Gasteiger partial charge on any atom is 0.225 e. The fourth-order valence-electron chi connectivity index (χ4n) is 3.77. The summed E-state index contributed by atoms with van der Waals surface area (Å²) >= 11 is 0. The number of amides is 1. The molecule has 1 N–H and O–H groups in total. The Balaban J connectivity index is 1.41. The quantitative estimate of drug-likeness (QED) is 0.919. The molecular formula is C17H25N5O. The highest BCUT2D eigenvalue weighted by Gasteiger charge is 2.39. The number of hydrogen-bond acceptors (Lipinski definition) is 5. The first-order chi connectivity index (χ1) is 11.2. The number of hydrogen-bond donors (Lipinski definition) is 1. The number of carbonyl (C=O) groups excluding carboxylic acids is 1. The fraction of sp³-hybridized carbons (Fsp3) is 0.706. The van der Waals surface area contributed by atoms with Gasteiger partial charge in [-0.1, -0.05) is 6.92 Å². The maximum atomic E-state index is 12.1. The van der Waals surface area contributed by atoms with E-state index in [1.807, 2.05) is 11.0 Å². The monoisotopic (exact) mass is 315 g/mol. The van der Waals surface area contributed by atoms with Crippen molar-refractivity contribution in [1.82, 2.24) is 14.9 Å². The number of aromatic nitrogens is 2. The van der Waals surface area contributed by atoms with Crippen molar-refractivity contribution in [2.75, 3.05) is 29.9 Å². The van der Waals surface area contributed by atoms with E-state index in [9.17, 15) is 4.79 Å². The molecule has 1 aromatic heterocycles. The lowest BCUT2D eigenvalue weighted by Gasteiger charge is -2.31. The summed E-state index contributed by atoms with van der Waals surface area (Å²) in [4.78, 5) is 25.2. The molecule has 1 amide bonds. The van der Waals surface area contributed by atoms with Gasteiger partial charge in [-0.3, -0.25) is 4.79 Å². The number of rotatable bonds is 4. The molecule has 1 aliphatic carbocycles. The Labute approximate surface area is 137 Å². The van der Waals surface area contributed by atoms with Crippen LogP contribution in [-0.2, 0) is 4.79 Å². The summed E-state index contributed by atoms with van der Waals surface area (Å²) < 4.78 is 0. The van der Waals surface area contributed by atoms with Gasteiger partial charge in [0.25, 0.3) is 0 Å². The third kappa shape index (κ3) is 3.26. The Morgan fingerprint density at radius 1 is 1.22 bits per heavy atom. The number of nitrogens with zero attached hydrogens (tertiary/aromatic N) is 4. The smallest absolute Gasteiger partial charge is 0.225 e. The van der Waals surface area contributed by atoms with Crippen molar-refractivity contribution in [2.45, 2.75) is 51.1 Å². The van der Waals surface area contributed by atoms with E-state index in [0.29, 0.717) is 12.5 Å². The van der Waals surface area contributed by atoms with Gasteiger partial charge >= 0.3 is 0 Å². The summed E-state index contributed by atoms with van der Waals surface area (Å²) in [6.07, 6.45) is 7.07. The summed E-state index contributed by atoms with van der Waals surface area (Å²) in [6.45, 7) is 5.23. The van der Waals surface area contributed by atoms with Gasteiger partial charge < -0.3 is 15.1 Å². The molecule has 124 valence electrons. The van der Waals surface area contributed by atoms with Crippen LogP contribution in [0.2, 0.25) is 0 Å². The molecule has 4 rings (SSSR count). The summed E-state index contributed by atoms with van der Waals surface area (Å²) in [5.74, 6) is 2.83. The Morgan fingerprint density at radius 3 is 2.87 bits per heavy atom. The molecule has 3 aliphatic rings. The Bertz CT molecular complexity index is 588. The minimum atomic E-state index is 0.172. The minimum Gasteiger partial charge on any atom is -0.365 e. The van der Waals surface area contributed by atoms with E-state index in [4.69, 9.17) is 0 Å². The topological polar surface area (TPSA) is 61.4 Å². The van der Waals surface area contributed by atoms with Gasteiger partial charge in [-0.05, 0) is 31.6 Å². The van der Waals surface area contributed by atoms with Gasteiger partial charge in [-0.2, -0.15) is 0 Å². The van der Waals surface area contributed by atoms with E-state index in [1.54, 1.807) is 6.33 Å². The minimum absolute atomic E-state index is 0.172. The van der Waals surface area contributed by atoms with Gasteiger partial charge in [0.05, 0.1) is 6.04 Å². The van der Waals surface area contributed by atoms with Crippen molar-refractivity contribution in [3.63, 3.8) is 0 Å². The third-order valence-corrected chi connectivity index (χ3v) is 5.13. The molecule has 0 bridgehead atoms. The van der Waals surface area contributed by atoms with Gasteiger partial charge in [0, 0.05) is 38.2 Å². The van der Waals surface area contributed by atoms with Crippen LogP contribution < -0.4 is 10.2 Å². The second-order valence-corrected chi connectivity index (χ2v) is 7.28. The van der Waals surface area contributed by atoms with Crippen LogP contribution in [0, 0.1) is 5.92 Å². The van der Waals surface area contributed by atoms with E-state index in [2.05, 4.69) is 27.1 Å². The second-order valence-electron chi connectivity index (χ2n) is 7.28. The van der Waals surface area contributed by atoms with Gasteiger partial charge in [-0.15, -0.1) is 0 Å². The molecule has 0 aromatic carbocycles. The molecule has 0 spiro atoms. The van der Waals surface area contributed by atoms with E-state index >= 15 is 0 Å². The van der Waals surface area contributed by atoms with Gasteiger partial charge in [0.1, 0.15) is 18.0 Å². The largest absolute Gasteiger partial charge is 0.365 e. The number of likely N-dealkylation sites (tertiary alicyclic amines) is 1. The highest BCUT2D eigenvalue weighted by Crippen LogP contribution is 2.31. The average Bonchev–Trinajstić information content (AvgIpc) is 3.32. The predicted octanol–water partition coefficient (Wildman–Crippen LogP) is 1.89. The lowest BCUT2D eigenvalue weighted by Crippen LogP contribution is -2.35. The summed E-state index contributed by atoms with van der Waals surface area (Å²) in [5, 5.41) is 3.43. The molecule has 6 nitrogen and oxygen atoms in total. The number of anilines is 2. The molecule has 3 heterocycles. The zero-order chi connectivity index (χ0) is 15.8. The predicted molar refractivity (Wildman–Crippen MR) is 89.4 cm³/mol. The molecule has 2 unspecified atom stereocenters. The highest BCUT2D eigenvalue weighted by atomic mass is 16.2. The van der Waals surface area contributed by atoms with Crippen molar-refractivity contribution < 1.29 is 4.79 Å². The lowest BCUT2D eigenvalue weighted by atomic mass is 10.0. The van der Waals surface area contributed by atoms with Crippen molar-refractivity contribution in [3.05, 3.63) is 12.4 Å². The average molecular weight is 315 g/mol. The number of piperidine rings is 1. The lowest BCUT2D eigenvalue weighted by molar-refractivity contribution is -0.128. The normalized spacial score (nSPS) is 28.3. The second kappa shape index (κ2) is 5.98. The van der Waals surface area contributed by atoms with Crippen LogP contribution in [0.4, 0.5) is 11.6 Å². The van der Waals surface area contributed by atoms with Crippen LogP contribution in [0.15, 0.2) is 12.4 Å². The van der Waals surface area contributed by atoms with Gasteiger partial charge in [0.15, 0.2) is 0 Å². The van der Waals surface area contributed by atoms with E-state index in [0.717, 1.165) is 37.2 Å². The number of nitrogens with one attached hydrogen (secondary N) is 1. The molecule has 1 aromatic rings. The first-order valence-electron chi connectivity index (χ1n) is 8.82. The van der Waals surface area contributed by atoms with Crippen molar-refractivity contribution in [3.8, 4) is 0 Å². The van der Waals surface area contributed by atoms with Crippen molar-refractivity contribution >= 4 is 17.5 Å². The van der Waals surface area contributed by atoms with Crippen molar-refractivity contribution in [2.24, 2.45) is 5.92 Å². The molecule has 2 atom stereocenters. The molecule has 0 radical (unpaired) electrons. The molecule has 23 heavy (non-hydrogen) atoms. The zero-order valence-corrected chi connectivity index (χ0v) is 13.7. The fourth-order valence-corrected chi connectivity index (χ4v) is 3.77. The van der Waals surface area contributed by atoms with Crippen molar-refractivity contribution in [1.29, 1.82) is 0 Å².